The lowest BCUT2D eigenvalue weighted by atomic mass is 9.87. The van der Waals surface area contributed by atoms with Crippen LogP contribution in [0.5, 0.6) is 0 Å². The molecule has 0 aliphatic carbocycles. The van der Waals surface area contributed by atoms with Gasteiger partial charge in [-0.05, 0) is 44.0 Å². The van der Waals surface area contributed by atoms with Crippen molar-refractivity contribution in [3.8, 4) is 0 Å². The lowest BCUT2D eigenvalue weighted by molar-refractivity contribution is -0.0623. The average molecular weight is 470 g/mol. The molecule has 4 fully saturated rings. The SMILES string of the molecule is CN1C2CC1CN(C1CCN(c3cc(F)c(SNc4cccc(F)n4)c(F)c3Cl)C1)C2. The highest BCUT2D eigenvalue weighted by Crippen LogP contribution is 2.39. The number of piperazine rings is 1. The predicted molar refractivity (Wildman–Crippen MR) is 117 cm³/mol. The number of benzene rings is 1. The van der Waals surface area contributed by atoms with Gasteiger partial charge >= 0.3 is 0 Å². The van der Waals surface area contributed by atoms with E-state index < -0.39 is 17.6 Å². The van der Waals surface area contributed by atoms with Gasteiger partial charge < -0.3 is 9.62 Å². The van der Waals surface area contributed by atoms with Crippen molar-refractivity contribution in [2.24, 2.45) is 0 Å². The minimum absolute atomic E-state index is 0.0974. The standard InChI is InChI=1S/C21H23ClF3N5S/c1-28-13-7-14(28)11-30(10-13)12-5-6-29(9-12)16-8-15(23)21(20(25)19(16)22)31-27-18-4-2-3-17(24)26-18/h2-4,8,12-14H,5-7,9-11H2,1H3,(H,26,27). The Hall–Kier alpha value is -1.68. The molecular weight excluding hydrogens is 447 g/mol. The fourth-order valence-electron chi connectivity index (χ4n) is 4.84. The van der Waals surface area contributed by atoms with Gasteiger partial charge in [-0.15, -0.1) is 0 Å². The monoisotopic (exact) mass is 469 g/mol. The third-order valence-corrected chi connectivity index (χ3v) is 7.93. The summed E-state index contributed by atoms with van der Waals surface area (Å²) in [7, 11) is 2.18. The Bertz CT molecular complexity index is 984. The Balaban J connectivity index is 1.28. The Morgan fingerprint density at radius 1 is 1.13 bits per heavy atom. The number of hydrogen-bond acceptors (Lipinski definition) is 6. The van der Waals surface area contributed by atoms with Crippen molar-refractivity contribution in [2.45, 2.75) is 35.9 Å². The zero-order chi connectivity index (χ0) is 21.7. The fraction of sp³-hybridized carbons (Fsp3) is 0.476. The van der Waals surface area contributed by atoms with E-state index in [0.717, 1.165) is 19.5 Å². The van der Waals surface area contributed by atoms with E-state index in [0.29, 0.717) is 48.9 Å². The zero-order valence-electron chi connectivity index (χ0n) is 17.0. The maximum Gasteiger partial charge on any atom is 0.214 e. The largest absolute Gasteiger partial charge is 0.369 e. The molecule has 4 saturated heterocycles. The minimum atomic E-state index is -0.824. The second-order valence-electron chi connectivity index (χ2n) is 8.44. The molecule has 10 heteroatoms. The van der Waals surface area contributed by atoms with Gasteiger partial charge in [-0.25, -0.2) is 13.8 Å². The van der Waals surface area contributed by atoms with Crippen molar-refractivity contribution < 1.29 is 13.2 Å². The molecule has 31 heavy (non-hydrogen) atoms. The van der Waals surface area contributed by atoms with Crippen LogP contribution in [-0.2, 0) is 0 Å². The van der Waals surface area contributed by atoms with Gasteiger partial charge in [0.25, 0.3) is 0 Å². The predicted octanol–water partition coefficient (Wildman–Crippen LogP) is 4.24. The highest BCUT2D eigenvalue weighted by atomic mass is 35.5. The Morgan fingerprint density at radius 2 is 1.90 bits per heavy atom. The highest BCUT2D eigenvalue weighted by Gasteiger charge is 2.45. The number of pyridine rings is 1. The first-order chi connectivity index (χ1) is 14.9. The van der Waals surface area contributed by atoms with Crippen LogP contribution in [0.25, 0.3) is 0 Å². The summed E-state index contributed by atoms with van der Waals surface area (Å²) in [6.07, 6.45) is 2.22. The summed E-state index contributed by atoms with van der Waals surface area (Å²) < 4.78 is 45.6. The first kappa shape index (κ1) is 21.2. The van der Waals surface area contributed by atoms with Crippen LogP contribution in [0.4, 0.5) is 24.7 Å². The van der Waals surface area contributed by atoms with E-state index in [9.17, 15) is 13.2 Å². The Morgan fingerprint density at radius 3 is 2.61 bits per heavy atom. The van der Waals surface area contributed by atoms with Gasteiger partial charge in [-0.2, -0.15) is 4.39 Å². The molecule has 1 aromatic carbocycles. The number of fused-ring (bicyclic) bond motifs is 2. The van der Waals surface area contributed by atoms with Crippen molar-refractivity contribution in [3.05, 3.63) is 46.9 Å². The first-order valence-electron chi connectivity index (χ1n) is 10.3. The smallest absolute Gasteiger partial charge is 0.214 e. The van der Waals surface area contributed by atoms with Crippen LogP contribution < -0.4 is 9.62 Å². The van der Waals surface area contributed by atoms with Crippen LogP contribution >= 0.6 is 23.5 Å². The molecule has 0 spiro atoms. The van der Waals surface area contributed by atoms with Crippen molar-refractivity contribution in [1.82, 2.24) is 14.8 Å². The molecule has 4 aliphatic heterocycles. The summed E-state index contributed by atoms with van der Waals surface area (Å²) >= 11 is 7.00. The molecule has 5 heterocycles. The molecule has 0 saturated carbocycles. The van der Waals surface area contributed by atoms with Crippen molar-refractivity contribution in [2.75, 3.05) is 42.8 Å². The fourth-order valence-corrected chi connectivity index (χ4v) is 5.84. The molecule has 3 atom stereocenters. The van der Waals surface area contributed by atoms with Gasteiger partial charge in [0, 0.05) is 50.4 Å². The number of aromatic nitrogens is 1. The average Bonchev–Trinajstić information content (AvgIpc) is 3.26. The number of halogens is 4. The summed E-state index contributed by atoms with van der Waals surface area (Å²) in [4.78, 5) is 10.3. The van der Waals surface area contributed by atoms with Gasteiger partial charge in [0.2, 0.25) is 5.95 Å². The van der Waals surface area contributed by atoms with E-state index in [-0.39, 0.29) is 15.7 Å². The molecule has 6 rings (SSSR count). The Labute approximate surface area is 188 Å². The summed E-state index contributed by atoms with van der Waals surface area (Å²) in [5.74, 6) is -2.05. The van der Waals surface area contributed by atoms with Crippen LogP contribution in [0, 0.1) is 17.6 Å². The maximum atomic E-state index is 14.9. The van der Waals surface area contributed by atoms with E-state index in [1.807, 2.05) is 4.90 Å². The number of likely N-dealkylation sites (N-methyl/N-ethyl adjacent to an activating group) is 1. The molecule has 2 bridgehead atoms. The molecule has 1 N–H and O–H groups in total. The number of piperidine rings is 1. The summed E-state index contributed by atoms with van der Waals surface area (Å²) in [6, 6.07) is 7.08. The van der Waals surface area contributed by atoms with E-state index >= 15 is 0 Å². The lowest BCUT2D eigenvalue weighted by Crippen LogP contribution is -2.68. The molecule has 166 valence electrons. The molecule has 0 radical (unpaired) electrons. The molecule has 4 aliphatic rings. The van der Waals surface area contributed by atoms with E-state index in [1.165, 1.54) is 30.7 Å². The number of hydrogen-bond donors (Lipinski definition) is 1. The van der Waals surface area contributed by atoms with Crippen LogP contribution in [0.2, 0.25) is 5.02 Å². The summed E-state index contributed by atoms with van der Waals surface area (Å²) in [5.41, 5.74) is 0.381. The van der Waals surface area contributed by atoms with Gasteiger partial charge in [0.1, 0.15) is 21.6 Å². The van der Waals surface area contributed by atoms with Crippen molar-refractivity contribution >= 4 is 35.1 Å². The van der Waals surface area contributed by atoms with Crippen molar-refractivity contribution in [1.29, 1.82) is 0 Å². The van der Waals surface area contributed by atoms with Crippen molar-refractivity contribution in [3.63, 3.8) is 0 Å². The topological polar surface area (TPSA) is 34.6 Å². The summed E-state index contributed by atoms with van der Waals surface area (Å²) in [5, 5.41) is -0.0974. The van der Waals surface area contributed by atoms with E-state index in [1.54, 1.807) is 0 Å². The molecule has 2 aromatic rings. The lowest BCUT2D eigenvalue weighted by Gasteiger charge is -2.56. The Kier molecular flexibility index (Phi) is 5.70. The molecular formula is C21H23ClF3N5S. The number of nitrogens with one attached hydrogen (secondary N) is 1. The molecule has 5 nitrogen and oxygen atoms in total. The molecule has 0 amide bonds. The number of nitrogens with zero attached hydrogens (tertiary/aromatic N) is 4. The molecule has 1 aromatic heterocycles. The summed E-state index contributed by atoms with van der Waals surface area (Å²) in [6.45, 7) is 3.53. The number of anilines is 2. The van der Waals surface area contributed by atoms with Gasteiger partial charge in [-0.1, -0.05) is 17.7 Å². The van der Waals surface area contributed by atoms with Gasteiger partial charge in [0.15, 0.2) is 5.82 Å². The third-order valence-electron chi connectivity index (χ3n) is 6.68. The number of rotatable bonds is 5. The van der Waals surface area contributed by atoms with Gasteiger partial charge in [0.05, 0.1) is 5.69 Å². The van der Waals surface area contributed by atoms with Crippen LogP contribution in [0.1, 0.15) is 12.8 Å². The van der Waals surface area contributed by atoms with Crippen LogP contribution in [0.15, 0.2) is 29.2 Å². The maximum absolute atomic E-state index is 14.9. The highest BCUT2D eigenvalue weighted by molar-refractivity contribution is 8.00. The minimum Gasteiger partial charge on any atom is -0.369 e. The molecule has 3 unspecified atom stereocenters. The van der Waals surface area contributed by atoms with E-state index in [4.69, 9.17) is 11.6 Å². The van der Waals surface area contributed by atoms with Gasteiger partial charge in [-0.3, -0.25) is 9.80 Å². The third kappa shape index (κ3) is 3.97. The second-order valence-corrected chi connectivity index (χ2v) is 9.63. The quantitative estimate of drug-likeness (QED) is 0.401. The normalized spacial score (nSPS) is 26.2. The van der Waals surface area contributed by atoms with Crippen LogP contribution in [-0.4, -0.2) is 66.1 Å². The van der Waals surface area contributed by atoms with E-state index in [2.05, 4.69) is 26.6 Å². The first-order valence-corrected chi connectivity index (χ1v) is 11.5. The van der Waals surface area contributed by atoms with Crippen LogP contribution in [0.3, 0.4) is 0 Å². The second kappa shape index (κ2) is 8.35. The zero-order valence-corrected chi connectivity index (χ0v) is 18.6.